The number of esters is 1. The SMILES string of the molecule is CCCCCCCCC/C=C\C(CCCCCCC(=O)O)OC(=O)CCCCCCCCCCCCCCCCCCCCCCCCC. The predicted octanol–water partition coefficient (Wildman–Crippen LogP) is 15.4. The molecule has 4 nitrogen and oxygen atoms in total. The Morgan fingerprint density at radius 2 is 0.776 bits per heavy atom. The number of carbonyl (C=O) groups is 2. The second-order valence-corrected chi connectivity index (χ2v) is 15.2. The molecule has 0 fully saturated rings. The average Bonchev–Trinajstić information content (AvgIpc) is 3.09. The number of carboxylic acids is 1. The van der Waals surface area contributed by atoms with Gasteiger partial charge in [-0.05, 0) is 44.6 Å². The van der Waals surface area contributed by atoms with Crippen molar-refractivity contribution in [3.8, 4) is 0 Å². The highest BCUT2D eigenvalue weighted by molar-refractivity contribution is 5.69. The van der Waals surface area contributed by atoms with Crippen molar-refractivity contribution in [2.45, 2.75) is 264 Å². The number of carboxylic acid groups (broad SMARTS) is 1. The van der Waals surface area contributed by atoms with Crippen LogP contribution in [-0.4, -0.2) is 23.1 Å². The monoisotopic (exact) mass is 691 g/mol. The first kappa shape index (κ1) is 47.7. The van der Waals surface area contributed by atoms with Crippen LogP contribution in [-0.2, 0) is 14.3 Å². The van der Waals surface area contributed by atoms with Gasteiger partial charge in [-0.3, -0.25) is 9.59 Å². The third-order valence-corrected chi connectivity index (χ3v) is 10.2. The van der Waals surface area contributed by atoms with Crippen molar-refractivity contribution in [1.29, 1.82) is 0 Å². The molecule has 0 saturated carbocycles. The standard InChI is InChI=1S/C45H86O4/c1-3-5-7-9-11-13-14-15-16-17-18-19-20-21-22-23-24-25-26-28-30-32-38-42-45(48)49-43(40-36-33-34-37-41-44(46)47)39-35-31-29-27-12-10-8-6-4-2/h35,39,43H,3-34,36-38,40-42H2,1-2H3,(H,46,47)/b39-35-. The van der Waals surface area contributed by atoms with Gasteiger partial charge >= 0.3 is 11.9 Å². The minimum atomic E-state index is -0.717. The lowest BCUT2D eigenvalue weighted by Gasteiger charge is -2.15. The molecule has 0 saturated heterocycles. The third-order valence-electron chi connectivity index (χ3n) is 10.2. The first-order valence-electron chi connectivity index (χ1n) is 22.2. The van der Waals surface area contributed by atoms with Gasteiger partial charge in [0.25, 0.3) is 0 Å². The molecule has 0 aromatic heterocycles. The number of rotatable bonds is 41. The van der Waals surface area contributed by atoms with E-state index in [0.717, 1.165) is 51.4 Å². The van der Waals surface area contributed by atoms with Gasteiger partial charge in [0, 0.05) is 12.8 Å². The lowest BCUT2D eigenvalue weighted by Crippen LogP contribution is -2.16. The molecule has 0 aliphatic heterocycles. The molecule has 0 spiro atoms. The van der Waals surface area contributed by atoms with Crippen LogP contribution in [0.15, 0.2) is 12.2 Å². The Morgan fingerprint density at radius 3 is 1.16 bits per heavy atom. The first-order valence-corrected chi connectivity index (χ1v) is 22.2. The highest BCUT2D eigenvalue weighted by atomic mass is 16.5. The van der Waals surface area contributed by atoms with Crippen LogP contribution in [0.3, 0.4) is 0 Å². The fourth-order valence-corrected chi connectivity index (χ4v) is 6.92. The molecule has 0 radical (unpaired) electrons. The maximum atomic E-state index is 12.6. The summed E-state index contributed by atoms with van der Waals surface area (Å²) in [6.45, 7) is 4.55. The van der Waals surface area contributed by atoms with Crippen LogP contribution >= 0.6 is 0 Å². The van der Waals surface area contributed by atoms with Crippen molar-refractivity contribution in [2.24, 2.45) is 0 Å². The molecule has 290 valence electrons. The van der Waals surface area contributed by atoms with Crippen LogP contribution < -0.4 is 0 Å². The number of unbranched alkanes of at least 4 members (excludes halogenated alkanes) is 32. The summed E-state index contributed by atoms with van der Waals surface area (Å²) in [4.78, 5) is 23.4. The molecule has 49 heavy (non-hydrogen) atoms. The van der Waals surface area contributed by atoms with Crippen molar-refractivity contribution >= 4 is 11.9 Å². The average molecular weight is 691 g/mol. The largest absolute Gasteiger partial charge is 0.481 e. The van der Waals surface area contributed by atoms with E-state index in [-0.39, 0.29) is 18.5 Å². The van der Waals surface area contributed by atoms with Gasteiger partial charge in [0.15, 0.2) is 0 Å². The van der Waals surface area contributed by atoms with E-state index < -0.39 is 5.97 Å². The summed E-state index contributed by atoms with van der Waals surface area (Å²) in [6, 6.07) is 0. The van der Waals surface area contributed by atoms with Gasteiger partial charge in [-0.15, -0.1) is 0 Å². The Kier molecular flexibility index (Phi) is 40.0. The zero-order valence-corrected chi connectivity index (χ0v) is 33.3. The molecule has 0 heterocycles. The van der Waals surface area contributed by atoms with Crippen molar-refractivity contribution in [1.82, 2.24) is 0 Å². The summed E-state index contributed by atoms with van der Waals surface area (Å²) in [5.41, 5.74) is 0. The van der Waals surface area contributed by atoms with Gasteiger partial charge < -0.3 is 9.84 Å². The van der Waals surface area contributed by atoms with E-state index in [1.54, 1.807) is 0 Å². The van der Waals surface area contributed by atoms with E-state index in [0.29, 0.717) is 6.42 Å². The number of carbonyl (C=O) groups excluding carboxylic acids is 1. The molecule has 4 heteroatoms. The fourth-order valence-electron chi connectivity index (χ4n) is 6.92. The number of hydrogen-bond donors (Lipinski definition) is 1. The number of hydrogen-bond acceptors (Lipinski definition) is 3. The van der Waals surface area contributed by atoms with Crippen LogP contribution in [0.1, 0.15) is 258 Å². The molecule has 0 aliphatic carbocycles. The molecular formula is C45H86O4. The van der Waals surface area contributed by atoms with E-state index in [1.165, 1.54) is 180 Å². The molecule has 0 aromatic carbocycles. The van der Waals surface area contributed by atoms with Crippen LogP contribution in [0, 0.1) is 0 Å². The lowest BCUT2D eigenvalue weighted by molar-refractivity contribution is -0.147. The second-order valence-electron chi connectivity index (χ2n) is 15.2. The lowest BCUT2D eigenvalue weighted by atomic mass is 10.0. The molecule has 0 amide bonds. The minimum Gasteiger partial charge on any atom is -0.481 e. The Balaban J connectivity index is 3.76. The van der Waals surface area contributed by atoms with Crippen molar-refractivity contribution in [3.63, 3.8) is 0 Å². The minimum absolute atomic E-state index is 0.0556. The Labute approximate surface area is 306 Å². The summed E-state index contributed by atoms with van der Waals surface area (Å²) in [5.74, 6) is -0.773. The second kappa shape index (κ2) is 41.1. The number of aliphatic carboxylic acids is 1. The van der Waals surface area contributed by atoms with Gasteiger partial charge in [-0.1, -0.05) is 213 Å². The predicted molar refractivity (Wildman–Crippen MR) is 213 cm³/mol. The molecule has 1 unspecified atom stereocenters. The Bertz CT molecular complexity index is 702. The molecule has 1 atom stereocenters. The van der Waals surface area contributed by atoms with E-state index >= 15 is 0 Å². The fraction of sp³-hybridized carbons (Fsp3) is 0.911. The van der Waals surface area contributed by atoms with Crippen molar-refractivity contribution in [2.75, 3.05) is 0 Å². The molecule has 0 aliphatic rings. The van der Waals surface area contributed by atoms with Crippen LogP contribution in [0.25, 0.3) is 0 Å². The van der Waals surface area contributed by atoms with Gasteiger partial charge in [0.05, 0.1) is 0 Å². The zero-order chi connectivity index (χ0) is 35.7. The molecule has 0 rings (SSSR count). The molecule has 1 N–H and O–H groups in total. The summed E-state index contributed by atoms with van der Waals surface area (Å²) in [5, 5.41) is 8.84. The quantitative estimate of drug-likeness (QED) is 0.0394. The maximum Gasteiger partial charge on any atom is 0.306 e. The number of ether oxygens (including phenoxy) is 1. The maximum absolute atomic E-state index is 12.6. The Hall–Kier alpha value is -1.32. The smallest absolute Gasteiger partial charge is 0.306 e. The highest BCUT2D eigenvalue weighted by Crippen LogP contribution is 2.17. The summed E-state index contributed by atoms with van der Waals surface area (Å²) >= 11 is 0. The van der Waals surface area contributed by atoms with Gasteiger partial charge in [0.1, 0.15) is 6.10 Å². The van der Waals surface area contributed by atoms with Crippen LogP contribution in [0.2, 0.25) is 0 Å². The summed E-state index contributed by atoms with van der Waals surface area (Å²) in [6.07, 6.45) is 51.3. The normalized spacial score (nSPS) is 12.2. The molecule has 0 bridgehead atoms. The van der Waals surface area contributed by atoms with Crippen molar-refractivity contribution in [3.05, 3.63) is 12.2 Å². The third kappa shape index (κ3) is 41.0. The first-order chi connectivity index (χ1) is 24.1. The molecular weight excluding hydrogens is 604 g/mol. The highest BCUT2D eigenvalue weighted by Gasteiger charge is 2.11. The van der Waals surface area contributed by atoms with Gasteiger partial charge in [-0.2, -0.15) is 0 Å². The topological polar surface area (TPSA) is 63.6 Å². The van der Waals surface area contributed by atoms with Gasteiger partial charge in [-0.25, -0.2) is 0 Å². The molecule has 0 aromatic rings. The summed E-state index contributed by atoms with van der Waals surface area (Å²) in [7, 11) is 0. The van der Waals surface area contributed by atoms with Crippen molar-refractivity contribution < 1.29 is 19.4 Å². The summed E-state index contributed by atoms with van der Waals surface area (Å²) < 4.78 is 5.90. The van der Waals surface area contributed by atoms with Crippen LogP contribution in [0.5, 0.6) is 0 Å². The zero-order valence-electron chi connectivity index (χ0n) is 33.3. The Morgan fingerprint density at radius 1 is 0.449 bits per heavy atom. The van der Waals surface area contributed by atoms with E-state index in [9.17, 15) is 9.59 Å². The van der Waals surface area contributed by atoms with E-state index in [1.807, 2.05) is 0 Å². The van der Waals surface area contributed by atoms with Gasteiger partial charge in [0.2, 0.25) is 0 Å². The van der Waals surface area contributed by atoms with E-state index in [4.69, 9.17) is 9.84 Å². The van der Waals surface area contributed by atoms with E-state index in [2.05, 4.69) is 26.0 Å². The number of allylic oxidation sites excluding steroid dienone is 1. The van der Waals surface area contributed by atoms with Crippen LogP contribution in [0.4, 0.5) is 0 Å².